The molecule has 4 rings (SSSR count). The van der Waals surface area contributed by atoms with E-state index in [1.807, 2.05) is 18.2 Å². The van der Waals surface area contributed by atoms with Crippen LogP contribution in [0.25, 0.3) is 0 Å². The molecule has 6 atom stereocenters. The van der Waals surface area contributed by atoms with Crippen molar-refractivity contribution in [1.82, 2.24) is 15.1 Å². The normalized spacial score (nSPS) is 34.4. The van der Waals surface area contributed by atoms with Crippen molar-refractivity contribution in [2.45, 2.75) is 82.6 Å². The molecule has 0 aromatic rings. The SMILES string of the molecule is CCCCN1C/C=C\CCC(=O)NC[C@H](C)OC(=O)[C@@H]2[C@H]3C(=O)N(CCCCCO)[C@H](C1=O)[C@]31C=C[C@H]2O1. The minimum absolute atomic E-state index is 0.0695. The minimum Gasteiger partial charge on any atom is -0.460 e. The zero-order valence-electron chi connectivity index (χ0n) is 22.5. The molecule has 3 amide bonds. The quantitative estimate of drug-likeness (QED) is 0.275. The van der Waals surface area contributed by atoms with E-state index in [-0.39, 0.29) is 30.9 Å². The number of fused-ring (bicyclic) bond motifs is 2. The summed E-state index contributed by atoms with van der Waals surface area (Å²) < 4.78 is 12.1. The van der Waals surface area contributed by atoms with Crippen LogP contribution in [0.15, 0.2) is 24.3 Å². The van der Waals surface area contributed by atoms with Gasteiger partial charge in [0.1, 0.15) is 23.7 Å². The van der Waals surface area contributed by atoms with E-state index >= 15 is 0 Å². The van der Waals surface area contributed by atoms with Gasteiger partial charge in [-0.2, -0.15) is 0 Å². The monoisotopic (exact) mass is 531 g/mol. The number of unbranched alkanes of at least 4 members (excludes halogenated alkanes) is 3. The minimum atomic E-state index is -1.22. The molecule has 1 spiro atoms. The van der Waals surface area contributed by atoms with Crippen LogP contribution < -0.4 is 5.32 Å². The van der Waals surface area contributed by atoms with Gasteiger partial charge in [-0.05, 0) is 39.0 Å². The number of aliphatic hydroxyl groups excluding tert-OH is 1. The Balaban J connectivity index is 1.70. The Bertz CT molecular complexity index is 966. The molecule has 0 unspecified atom stereocenters. The van der Waals surface area contributed by atoms with Crippen molar-refractivity contribution in [3.8, 4) is 0 Å². The van der Waals surface area contributed by atoms with Crippen LogP contribution in [-0.2, 0) is 28.7 Å². The van der Waals surface area contributed by atoms with E-state index in [0.717, 1.165) is 19.3 Å². The van der Waals surface area contributed by atoms with E-state index in [0.29, 0.717) is 45.3 Å². The molecule has 5 bridgehead atoms. The van der Waals surface area contributed by atoms with Crippen LogP contribution in [0.5, 0.6) is 0 Å². The summed E-state index contributed by atoms with van der Waals surface area (Å²) in [6.07, 6.45) is 10.7. The number of rotatable bonds is 8. The van der Waals surface area contributed by atoms with Crippen LogP contribution in [0.4, 0.5) is 0 Å². The lowest BCUT2D eigenvalue weighted by molar-refractivity contribution is -0.158. The summed E-state index contributed by atoms with van der Waals surface area (Å²) in [5.74, 6) is -2.87. The van der Waals surface area contributed by atoms with Gasteiger partial charge in [0, 0.05) is 32.7 Å². The van der Waals surface area contributed by atoms with E-state index in [4.69, 9.17) is 9.47 Å². The number of hydrogen-bond acceptors (Lipinski definition) is 7. The largest absolute Gasteiger partial charge is 0.460 e. The predicted octanol–water partition coefficient (Wildman–Crippen LogP) is 1.33. The van der Waals surface area contributed by atoms with Gasteiger partial charge in [-0.25, -0.2) is 0 Å². The lowest BCUT2D eigenvalue weighted by Gasteiger charge is -2.36. The van der Waals surface area contributed by atoms with Gasteiger partial charge in [0.05, 0.1) is 18.6 Å². The molecule has 0 aromatic carbocycles. The second-order valence-corrected chi connectivity index (χ2v) is 10.7. The molecule has 38 heavy (non-hydrogen) atoms. The highest BCUT2D eigenvalue weighted by molar-refractivity contribution is 5.99. The summed E-state index contributed by atoms with van der Waals surface area (Å²) in [4.78, 5) is 57.1. The average molecular weight is 532 g/mol. The number of carbonyl (C=O) groups is 4. The molecule has 4 aliphatic rings. The molecular formula is C28H41N3O7. The predicted molar refractivity (Wildman–Crippen MR) is 139 cm³/mol. The van der Waals surface area contributed by atoms with E-state index < -0.39 is 41.7 Å². The summed E-state index contributed by atoms with van der Waals surface area (Å²) >= 11 is 0. The molecule has 10 nitrogen and oxygen atoms in total. The van der Waals surface area contributed by atoms with E-state index in [1.165, 1.54) is 0 Å². The first-order chi connectivity index (χ1) is 18.3. The van der Waals surface area contributed by atoms with Gasteiger partial charge in [-0.15, -0.1) is 0 Å². The van der Waals surface area contributed by atoms with Gasteiger partial charge >= 0.3 is 5.97 Å². The topological polar surface area (TPSA) is 125 Å². The van der Waals surface area contributed by atoms with Crippen molar-refractivity contribution in [3.05, 3.63) is 24.3 Å². The summed E-state index contributed by atoms with van der Waals surface area (Å²) in [6.45, 7) is 5.24. The molecule has 2 saturated heterocycles. The maximum atomic E-state index is 14.2. The zero-order chi connectivity index (χ0) is 27.3. The Labute approximate surface area is 224 Å². The molecule has 0 aliphatic carbocycles. The van der Waals surface area contributed by atoms with Crippen molar-refractivity contribution < 1.29 is 33.8 Å². The molecule has 2 fully saturated rings. The number of allylic oxidation sites excluding steroid dienone is 1. The number of nitrogens with one attached hydrogen (secondary N) is 1. The van der Waals surface area contributed by atoms with Gasteiger partial charge in [-0.3, -0.25) is 19.2 Å². The third kappa shape index (κ3) is 5.52. The third-order valence-corrected chi connectivity index (χ3v) is 7.96. The molecule has 4 heterocycles. The number of aliphatic hydroxyl groups is 1. The fourth-order valence-electron chi connectivity index (χ4n) is 6.04. The second-order valence-electron chi connectivity index (χ2n) is 10.7. The van der Waals surface area contributed by atoms with Crippen molar-refractivity contribution in [3.63, 3.8) is 0 Å². The molecule has 0 radical (unpaired) electrons. The third-order valence-electron chi connectivity index (χ3n) is 7.96. The van der Waals surface area contributed by atoms with Gasteiger partial charge in [0.2, 0.25) is 17.7 Å². The number of ether oxygens (including phenoxy) is 2. The van der Waals surface area contributed by atoms with Crippen LogP contribution in [0.1, 0.15) is 58.8 Å². The highest BCUT2D eigenvalue weighted by atomic mass is 16.6. The molecule has 2 N–H and O–H groups in total. The standard InChI is InChI=1S/C28H41N3O7/c1-3-4-14-30-15-8-5-7-11-21(33)29-18-19(2)37-27(36)22-20-12-13-28(38-20)23(22)25(34)31(24(28)26(30)35)16-9-6-10-17-32/h5,8,12-13,19-20,22-24,32H,3-4,6-7,9-11,14-18H2,1-2H3,(H,29,33)/b8-5-/t19-,20+,22-,23-,24+,28-/m0/s1. The first-order valence-corrected chi connectivity index (χ1v) is 14.0. The van der Waals surface area contributed by atoms with Crippen molar-refractivity contribution in [1.29, 1.82) is 0 Å². The van der Waals surface area contributed by atoms with Crippen molar-refractivity contribution >= 4 is 23.7 Å². The van der Waals surface area contributed by atoms with E-state index in [2.05, 4.69) is 12.2 Å². The van der Waals surface area contributed by atoms with Gasteiger partial charge < -0.3 is 29.7 Å². The molecule has 0 aromatic heterocycles. The fourth-order valence-corrected chi connectivity index (χ4v) is 6.04. The molecular weight excluding hydrogens is 490 g/mol. The zero-order valence-corrected chi connectivity index (χ0v) is 22.5. The number of carbonyl (C=O) groups excluding carboxylic acids is 4. The van der Waals surface area contributed by atoms with Crippen LogP contribution in [0.3, 0.4) is 0 Å². The first-order valence-electron chi connectivity index (χ1n) is 14.0. The van der Waals surface area contributed by atoms with Gasteiger partial charge in [0.15, 0.2) is 0 Å². The van der Waals surface area contributed by atoms with E-state index in [9.17, 15) is 24.3 Å². The van der Waals surface area contributed by atoms with Crippen LogP contribution >= 0.6 is 0 Å². The Morgan fingerprint density at radius 1 is 1.08 bits per heavy atom. The maximum absolute atomic E-state index is 14.2. The highest BCUT2D eigenvalue weighted by Gasteiger charge is 2.73. The summed E-state index contributed by atoms with van der Waals surface area (Å²) in [5.41, 5.74) is -1.22. The maximum Gasteiger partial charge on any atom is 0.313 e. The van der Waals surface area contributed by atoms with Crippen molar-refractivity contribution in [2.75, 3.05) is 32.8 Å². The first kappa shape index (κ1) is 28.3. The summed E-state index contributed by atoms with van der Waals surface area (Å²) in [7, 11) is 0. The fraction of sp³-hybridized carbons (Fsp3) is 0.714. The van der Waals surface area contributed by atoms with E-state index in [1.54, 1.807) is 22.8 Å². The highest BCUT2D eigenvalue weighted by Crippen LogP contribution is 2.55. The number of amides is 3. The van der Waals surface area contributed by atoms with Gasteiger partial charge in [-0.1, -0.05) is 37.6 Å². The van der Waals surface area contributed by atoms with Crippen LogP contribution in [0, 0.1) is 11.8 Å². The molecule has 10 heteroatoms. The summed E-state index contributed by atoms with van der Waals surface area (Å²) in [5, 5.41) is 12.0. The molecule has 0 saturated carbocycles. The Morgan fingerprint density at radius 2 is 1.89 bits per heavy atom. The Kier molecular flexibility index (Phi) is 9.25. The lowest BCUT2D eigenvalue weighted by atomic mass is 9.74. The lowest BCUT2D eigenvalue weighted by Crippen LogP contribution is -2.56. The number of cyclic esters (lactones) is 1. The smallest absolute Gasteiger partial charge is 0.313 e. The Morgan fingerprint density at radius 3 is 2.66 bits per heavy atom. The number of esters is 1. The summed E-state index contributed by atoms with van der Waals surface area (Å²) in [6, 6.07) is -0.880. The van der Waals surface area contributed by atoms with Crippen molar-refractivity contribution in [2.24, 2.45) is 11.8 Å². The average Bonchev–Trinajstić information content (AvgIpc) is 3.53. The Hall–Kier alpha value is -2.72. The molecule has 4 aliphatic heterocycles. The second kappa shape index (κ2) is 12.4. The number of likely N-dealkylation sites (tertiary alicyclic amines) is 1. The molecule has 210 valence electrons. The van der Waals surface area contributed by atoms with Crippen LogP contribution in [-0.4, -0.2) is 95.2 Å². The number of hydrogen-bond donors (Lipinski definition) is 2. The van der Waals surface area contributed by atoms with Gasteiger partial charge in [0.25, 0.3) is 0 Å². The van der Waals surface area contributed by atoms with Crippen LogP contribution in [0.2, 0.25) is 0 Å². The number of nitrogens with zero attached hydrogens (tertiary/aromatic N) is 2.